The maximum atomic E-state index is 12.2. The molecule has 3 nitrogen and oxygen atoms in total. The van der Waals surface area contributed by atoms with Crippen LogP contribution in [0.2, 0.25) is 5.02 Å². The van der Waals surface area contributed by atoms with Crippen molar-refractivity contribution in [3.05, 3.63) is 70.7 Å². The third-order valence-electron chi connectivity index (χ3n) is 4.65. The van der Waals surface area contributed by atoms with Crippen LogP contribution in [-0.4, -0.2) is 36.0 Å². The Kier molecular flexibility index (Phi) is 5.22. The molecular weight excluding hydrogens is 320 g/mol. The number of hydrogen-bond acceptors (Lipinski definition) is 2. The van der Waals surface area contributed by atoms with Crippen molar-refractivity contribution in [3.63, 3.8) is 0 Å². The van der Waals surface area contributed by atoms with Gasteiger partial charge in [0.25, 0.3) is 0 Å². The predicted octanol–water partition coefficient (Wildman–Crippen LogP) is 3.68. The Labute approximate surface area is 148 Å². The second-order valence-electron chi connectivity index (χ2n) is 6.54. The summed E-state index contributed by atoms with van der Waals surface area (Å²) < 4.78 is 0. The van der Waals surface area contributed by atoms with E-state index in [4.69, 9.17) is 11.6 Å². The largest absolute Gasteiger partial charge is 0.338 e. The highest BCUT2D eigenvalue weighted by molar-refractivity contribution is 6.31. The molecular formula is C20H23ClN2O. The van der Waals surface area contributed by atoms with Gasteiger partial charge in [-0.2, -0.15) is 0 Å². The van der Waals surface area contributed by atoms with Gasteiger partial charge in [-0.1, -0.05) is 60.1 Å². The van der Waals surface area contributed by atoms with Crippen LogP contribution in [0.5, 0.6) is 0 Å². The number of piperazine rings is 1. The molecule has 0 spiro atoms. The fourth-order valence-corrected chi connectivity index (χ4v) is 3.69. The van der Waals surface area contributed by atoms with E-state index in [1.165, 1.54) is 5.56 Å². The summed E-state index contributed by atoms with van der Waals surface area (Å²) in [7, 11) is 0. The lowest BCUT2D eigenvalue weighted by Gasteiger charge is -2.40. The van der Waals surface area contributed by atoms with Crippen LogP contribution in [-0.2, 0) is 4.79 Å². The molecule has 1 N–H and O–H groups in total. The molecule has 126 valence electrons. The Balaban J connectivity index is 2.00. The quantitative estimate of drug-likeness (QED) is 0.919. The number of carbonyl (C=O) groups excluding carboxylic acids is 1. The minimum absolute atomic E-state index is 0.106. The van der Waals surface area contributed by atoms with E-state index in [9.17, 15) is 4.79 Å². The summed E-state index contributed by atoms with van der Waals surface area (Å²) in [5.41, 5.74) is 2.31. The van der Waals surface area contributed by atoms with Crippen molar-refractivity contribution in [3.8, 4) is 0 Å². The molecule has 0 aliphatic carbocycles. The summed E-state index contributed by atoms with van der Waals surface area (Å²) >= 11 is 6.51. The summed E-state index contributed by atoms with van der Waals surface area (Å²) in [6, 6.07) is 18.7. The molecule has 0 saturated carbocycles. The van der Waals surface area contributed by atoms with E-state index in [0.29, 0.717) is 13.1 Å². The van der Waals surface area contributed by atoms with Gasteiger partial charge in [0.05, 0.1) is 6.54 Å². The van der Waals surface area contributed by atoms with E-state index in [1.807, 2.05) is 41.3 Å². The van der Waals surface area contributed by atoms with Gasteiger partial charge in [-0.3, -0.25) is 4.79 Å². The fraction of sp³-hybridized carbons (Fsp3) is 0.350. The second kappa shape index (κ2) is 7.37. The van der Waals surface area contributed by atoms with Crippen molar-refractivity contribution in [2.45, 2.75) is 31.8 Å². The highest BCUT2D eigenvalue weighted by Crippen LogP contribution is 2.34. The van der Waals surface area contributed by atoms with E-state index in [-0.39, 0.29) is 23.9 Å². The molecule has 4 heteroatoms. The summed E-state index contributed by atoms with van der Waals surface area (Å²) in [5.74, 6) is 0.265. The van der Waals surface area contributed by atoms with Gasteiger partial charge >= 0.3 is 0 Å². The van der Waals surface area contributed by atoms with Crippen LogP contribution in [0, 0.1) is 0 Å². The summed E-state index contributed by atoms with van der Waals surface area (Å²) in [6.45, 7) is 5.18. The highest BCUT2D eigenvalue weighted by atomic mass is 35.5. The minimum Gasteiger partial charge on any atom is -0.338 e. The number of carbonyl (C=O) groups is 1. The molecule has 1 amide bonds. The molecule has 3 rings (SSSR count). The summed E-state index contributed by atoms with van der Waals surface area (Å²) in [4.78, 5) is 14.1. The van der Waals surface area contributed by atoms with Crippen LogP contribution >= 0.6 is 11.6 Å². The first-order valence-electron chi connectivity index (χ1n) is 8.40. The predicted molar refractivity (Wildman–Crippen MR) is 98.4 cm³/mol. The molecule has 1 fully saturated rings. The number of amides is 1. The Bertz CT molecular complexity index is 702. The minimum atomic E-state index is 0.106. The van der Waals surface area contributed by atoms with E-state index in [2.05, 4.69) is 37.4 Å². The number of benzene rings is 2. The molecule has 0 aromatic heterocycles. The van der Waals surface area contributed by atoms with Crippen LogP contribution in [0.4, 0.5) is 0 Å². The highest BCUT2D eigenvalue weighted by Gasteiger charge is 2.34. The molecule has 0 radical (unpaired) electrons. The fourth-order valence-electron chi connectivity index (χ4n) is 3.44. The smallest absolute Gasteiger partial charge is 0.236 e. The molecule has 1 aliphatic heterocycles. The van der Waals surface area contributed by atoms with Gasteiger partial charge in [0.1, 0.15) is 0 Å². The first-order chi connectivity index (χ1) is 11.6. The van der Waals surface area contributed by atoms with E-state index >= 15 is 0 Å². The van der Waals surface area contributed by atoms with Gasteiger partial charge in [-0.15, -0.1) is 0 Å². The van der Waals surface area contributed by atoms with Gasteiger partial charge in [-0.05, 0) is 31.0 Å². The Morgan fingerprint density at radius 3 is 2.42 bits per heavy atom. The van der Waals surface area contributed by atoms with Crippen molar-refractivity contribution in [2.75, 3.05) is 13.1 Å². The average Bonchev–Trinajstić information content (AvgIpc) is 2.59. The zero-order valence-corrected chi connectivity index (χ0v) is 14.8. The van der Waals surface area contributed by atoms with Crippen molar-refractivity contribution < 1.29 is 4.79 Å². The van der Waals surface area contributed by atoms with Crippen molar-refractivity contribution in [1.82, 2.24) is 10.2 Å². The molecule has 2 atom stereocenters. The van der Waals surface area contributed by atoms with Crippen LogP contribution in [0.25, 0.3) is 0 Å². The molecule has 2 unspecified atom stereocenters. The SMILES string of the molecule is CC(C)N1CC(C(c2ccccc2)c2ccccc2Cl)NCC1=O. The number of hydrogen-bond donors (Lipinski definition) is 1. The maximum absolute atomic E-state index is 12.2. The zero-order chi connectivity index (χ0) is 17.1. The Morgan fingerprint density at radius 2 is 1.75 bits per heavy atom. The number of rotatable bonds is 4. The third-order valence-corrected chi connectivity index (χ3v) is 5.00. The van der Waals surface area contributed by atoms with E-state index < -0.39 is 0 Å². The lowest BCUT2D eigenvalue weighted by molar-refractivity contribution is -0.134. The monoisotopic (exact) mass is 342 g/mol. The van der Waals surface area contributed by atoms with Crippen molar-refractivity contribution in [1.29, 1.82) is 0 Å². The van der Waals surface area contributed by atoms with Gasteiger partial charge in [0.2, 0.25) is 5.91 Å². The standard InChI is InChI=1S/C20H23ClN2O/c1-14(2)23-13-18(22-12-19(23)24)20(15-8-4-3-5-9-15)16-10-6-7-11-17(16)21/h3-11,14,18,20,22H,12-13H2,1-2H3. The van der Waals surface area contributed by atoms with E-state index in [0.717, 1.165) is 10.6 Å². The maximum Gasteiger partial charge on any atom is 0.236 e. The zero-order valence-electron chi connectivity index (χ0n) is 14.1. The molecule has 24 heavy (non-hydrogen) atoms. The molecule has 1 saturated heterocycles. The van der Waals surface area contributed by atoms with Crippen LogP contribution in [0.15, 0.2) is 54.6 Å². The van der Waals surface area contributed by atoms with Crippen LogP contribution in [0.3, 0.4) is 0 Å². The molecule has 0 bridgehead atoms. The number of nitrogens with one attached hydrogen (secondary N) is 1. The van der Waals surface area contributed by atoms with Gasteiger partial charge < -0.3 is 10.2 Å². The van der Waals surface area contributed by atoms with E-state index in [1.54, 1.807) is 0 Å². The number of halogens is 1. The molecule has 1 heterocycles. The Hall–Kier alpha value is -1.84. The molecule has 2 aromatic rings. The lowest BCUT2D eigenvalue weighted by atomic mass is 9.83. The van der Waals surface area contributed by atoms with Crippen molar-refractivity contribution in [2.24, 2.45) is 0 Å². The molecule has 1 aliphatic rings. The van der Waals surface area contributed by atoms with Gasteiger partial charge in [-0.25, -0.2) is 0 Å². The van der Waals surface area contributed by atoms with Crippen molar-refractivity contribution >= 4 is 17.5 Å². The van der Waals surface area contributed by atoms with Gasteiger partial charge in [0.15, 0.2) is 0 Å². The first kappa shape index (κ1) is 17.0. The molecule has 2 aromatic carbocycles. The topological polar surface area (TPSA) is 32.3 Å². The average molecular weight is 343 g/mol. The normalized spacial score (nSPS) is 19.6. The second-order valence-corrected chi connectivity index (χ2v) is 6.94. The van der Waals surface area contributed by atoms with Crippen LogP contribution in [0.1, 0.15) is 30.9 Å². The summed E-state index contributed by atoms with van der Waals surface area (Å²) in [5, 5.41) is 4.19. The lowest BCUT2D eigenvalue weighted by Crippen LogP contribution is -2.58. The first-order valence-corrected chi connectivity index (χ1v) is 8.78. The third kappa shape index (κ3) is 3.47. The van der Waals surface area contributed by atoms with Crippen LogP contribution < -0.4 is 5.32 Å². The summed E-state index contributed by atoms with van der Waals surface area (Å²) in [6.07, 6.45) is 0. The Morgan fingerprint density at radius 1 is 1.08 bits per heavy atom. The number of nitrogens with zero attached hydrogens (tertiary/aromatic N) is 1. The van der Waals surface area contributed by atoms with Gasteiger partial charge in [0, 0.05) is 29.6 Å².